The van der Waals surface area contributed by atoms with Crippen LogP contribution >= 0.6 is 23.5 Å². The molecule has 0 fully saturated rings. The fourth-order valence-electron chi connectivity index (χ4n) is 2.45. The monoisotopic (exact) mass is 289 g/mol. The first-order valence-electron chi connectivity index (χ1n) is 6.76. The molecule has 1 nitrogen and oxygen atoms in total. The molecule has 3 heterocycles. The summed E-state index contributed by atoms with van der Waals surface area (Å²) < 4.78 is 2.40. The first-order valence-corrected chi connectivity index (χ1v) is 8.52. The van der Waals surface area contributed by atoms with Crippen molar-refractivity contribution in [3.05, 3.63) is 30.3 Å². The van der Waals surface area contributed by atoms with Gasteiger partial charge in [-0.25, -0.2) is 0 Å². The fourth-order valence-corrected chi connectivity index (χ4v) is 4.66. The van der Waals surface area contributed by atoms with Gasteiger partial charge >= 0.3 is 0 Å². The van der Waals surface area contributed by atoms with Crippen molar-refractivity contribution >= 4 is 40.1 Å². The van der Waals surface area contributed by atoms with Gasteiger partial charge in [-0.05, 0) is 24.3 Å². The predicted octanol–water partition coefficient (Wildman–Crippen LogP) is 5.53. The van der Waals surface area contributed by atoms with Crippen LogP contribution in [-0.4, -0.2) is 14.9 Å². The van der Waals surface area contributed by atoms with E-state index in [1.807, 2.05) is 23.5 Å². The van der Waals surface area contributed by atoms with E-state index in [1.54, 1.807) is 0 Å². The fraction of sp³-hybridized carbons (Fsp3) is 0.375. The Morgan fingerprint density at radius 1 is 0.789 bits per heavy atom. The molecule has 0 saturated carbocycles. The third-order valence-electron chi connectivity index (χ3n) is 3.05. The molecule has 0 amide bonds. The van der Waals surface area contributed by atoms with Gasteiger partial charge in [-0.3, -0.25) is 0 Å². The molecule has 0 radical (unpaired) electrons. The van der Waals surface area contributed by atoms with Gasteiger partial charge in [0.25, 0.3) is 0 Å². The highest BCUT2D eigenvalue weighted by molar-refractivity contribution is 8.03. The van der Waals surface area contributed by atoms with Crippen molar-refractivity contribution in [2.45, 2.75) is 48.0 Å². The molecular weight excluding hydrogens is 270 g/mol. The van der Waals surface area contributed by atoms with Crippen LogP contribution in [0, 0.1) is 0 Å². The molecule has 3 heteroatoms. The Balaban J connectivity index is 2.29. The van der Waals surface area contributed by atoms with Crippen molar-refractivity contribution in [1.29, 1.82) is 0 Å². The minimum absolute atomic E-state index is 0.609. The second-order valence-electron chi connectivity index (χ2n) is 5.38. The highest BCUT2D eigenvalue weighted by atomic mass is 32.2. The topological polar surface area (TPSA) is 4.41 Å². The van der Waals surface area contributed by atoms with Crippen LogP contribution < -0.4 is 0 Å². The molecule has 0 atom stereocenters. The maximum atomic E-state index is 2.40. The average molecular weight is 289 g/mol. The van der Waals surface area contributed by atoms with E-state index in [-0.39, 0.29) is 0 Å². The Labute approximate surface area is 123 Å². The first kappa shape index (κ1) is 13.2. The number of nitrogens with zero attached hydrogens (tertiary/aromatic N) is 1. The largest absolute Gasteiger partial charge is 0.308 e. The Morgan fingerprint density at radius 2 is 1.37 bits per heavy atom. The van der Waals surface area contributed by atoms with E-state index < -0.39 is 0 Å². The van der Waals surface area contributed by atoms with E-state index in [2.05, 4.69) is 62.4 Å². The molecule has 19 heavy (non-hydrogen) atoms. The highest BCUT2D eigenvalue weighted by Crippen LogP contribution is 2.44. The molecule has 0 aliphatic rings. The third-order valence-corrected chi connectivity index (χ3v) is 5.42. The van der Waals surface area contributed by atoms with Crippen molar-refractivity contribution in [2.24, 2.45) is 0 Å². The number of thioether (sulfide) groups is 2. The summed E-state index contributed by atoms with van der Waals surface area (Å²) in [6.45, 7) is 9.07. The maximum Gasteiger partial charge on any atom is 0.0611 e. The molecule has 0 bridgehead atoms. The van der Waals surface area contributed by atoms with Crippen LogP contribution in [0.4, 0.5) is 0 Å². The van der Waals surface area contributed by atoms with Crippen molar-refractivity contribution in [3.8, 4) is 0 Å². The van der Waals surface area contributed by atoms with Crippen LogP contribution in [0.3, 0.4) is 0 Å². The zero-order valence-corrected chi connectivity index (χ0v) is 13.4. The molecule has 0 saturated heterocycles. The number of hydrogen-bond donors (Lipinski definition) is 0. The molecule has 0 unspecified atom stereocenters. The van der Waals surface area contributed by atoms with Gasteiger partial charge in [-0.1, -0.05) is 33.8 Å². The SMILES string of the molecule is CC(C)Sc1c(SC(C)C)c2ccc3cccc1n32. The van der Waals surface area contributed by atoms with Crippen LogP contribution in [0.15, 0.2) is 40.1 Å². The normalized spacial score (nSPS) is 12.5. The van der Waals surface area contributed by atoms with E-state index in [0.29, 0.717) is 10.5 Å². The zero-order valence-electron chi connectivity index (χ0n) is 11.8. The van der Waals surface area contributed by atoms with E-state index in [9.17, 15) is 0 Å². The lowest BCUT2D eigenvalue weighted by Gasteiger charge is -2.09. The lowest BCUT2D eigenvalue weighted by molar-refractivity contribution is 1.10. The van der Waals surface area contributed by atoms with Crippen LogP contribution in [0.2, 0.25) is 0 Å². The van der Waals surface area contributed by atoms with Gasteiger partial charge in [0.15, 0.2) is 0 Å². The third kappa shape index (κ3) is 2.23. The zero-order chi connectivity index (χ0) is 13.6. The predicted molar refractivity (Wildman–Crippen MR) is 88.1 cm³/mol. The number of hydrogen-bond acceptors (Lipinski definition) is 2. The lowest BCUT2D eigenvalue weighted by atomic mass is 10.3. The summed E-state index contributed by atoms with van der Waals surface area (Å²) in [7, 11) is 0. The minimum Gasteiger partial charge on any atom is -0.308 e. The summed E-state index contributed by atoms with van der Waals surface area (Å²) in [5.41, 5.74) is 4.03. The van der Waals surface area contributed by atoms with Gasteiger partial charge in [0.1, 0.15) is 0 Å². The average Bonchev–Trinajstić information content (AvgIpc) is 2.87. The molecule has 3 rings (SSSR count). The molecule has 0 aliphatic heterocycles. The molecule has 3 aromatic rings. The summed E-state index contributed by atoms with van der Waals surface area (Å²) >= 11 is 3.97. The van der Waals surface area contributed by atoms with Crippen molar-refractivity contribution in [3.63, 3.8) is 0 Å². The van der Waals surface area contributed by atoms with Crippen LogP contribution in [-0.2, 0) is 0 Å². The summed E-state index contributed by atoms with van der Waals surface area (Å²) in [4.78, 5) is 2.91. The van der Waals surface area contributed by atoms with Crippen LogP contribution in [0.25, 0.3) is 16.6 Å². The molecule has 0 aliphatic carbocycles. The molecular formula is C16H19NS2. The summed E-state index contributed by atoms with van der Waals surface area (Å²) in [6.07, 6.45) is 0. The molecule has 0 N–H and O–H groups in total. The Bertz CT molecular complexity index is 686. The Kier molecular flexibility index (Phi) is 3.44. The number of rotatable bonds is 4. The highest BCUT2D eigenvalue weighted by Gasteiger charge is 2.19. The van der Waals surface area contributed by atoms with Gasteiger partial charge in [0.2, 0.25) is 0 Å². The smallest absolute Gasteiger partial charge is 0.0611 e. The van der Waals surface area contributed by atoms with Crippen LogP contribution in [0.5, 0.6) is 0 Å². The molecule has 0 spiro atoms. The van der Waals surface area contributed by atoms with Gasteiger partial charge in [-0.15, -0.1) is 23.5 Å². The van der Waals surface area contributed by atoms with E-state index >= 15 is 0 Å². The van der Waals surface area contributed by atoms with Crippen molar-refractivity contribution < 1.29 is 0 Å². The molecule has 0 aromatic carbocycles. The summed E-state index contributed by atoms with van der Waals surface area (Å²) in [5, 5.41) is 1.22. The van der Waals surface area contributed by atoms with Gasteiger partial charge in [0, 0.05) is 25.8 Å². The van der Waals surface area contributed by atoms with Gasteiger partial charge in [-0.2, -0.15) is 0 Å². The summed E-state index contributed by atoms with van der Waals surface area (Å²) in [6, 6.07) is 11.1. The van der Waals surface area contributed by atoms with Gasteiger partial charge in [0.05, 0.1) is 11.0 Å². The van der Waals surface area contributed by atoms with Gasteiger partial charge < -0.3 is 4.40 Å². The molecule has 100 valence electrons. The van der Waals surface area contributed by atoms with Crippen LogP contribution in [0.1, 0.15) is 27.7 Å². The van der Waals surface area contributed by atoms with Crippen molar-refractivity contribution in [1.82, 2.24) is 4.40 Å². The molecule has 3 aromatic heterocycles. The second kappa shape index (κ2) is 4.95. The standard InChI is InChI=1S/C16H19NS2/c1-10(2)18-15-13-7-5-6-12-8-9-14(17(12)13)16(15)19-11(3)4/h5-11H,1-4H3. The van der Waals surface area contributed by atoms with E-state index in [4.69, 9.17) is 0 Å². The van der Waals surface area contributed by atoms with Crippen molar-refractivity contribution in [2.75, 3.05) is 0 Å². The minimum atomic E-state index is 0.609. The Morgan fingerprint density at radius 3 is 1.95 bits per heavy atom. The van der Waals surface area contributed by atoms with E-state index in [1.165, 1.54) is 26.3 Å². The van der Waals surface area contributed by atoms with E-state index in [0.717, 1.165) is 0 Å². The maximum absolute atomic E-state index is 2.40. The first-order chi connectivity index (χ1) is 9.08. The second-order valence-corrected chi connectivity index (χ2v) is 8.55. The number of aromatic nitrogens is 1. The lowest BCUT2D eigenvalue weighted by Crippen LogP contribution is -1.89. The summed E-state index contributed by atoms with van der Waals surface area (Å²) in [5.74, 6) is 0. The quantitative estimate of drug-likeness (QED) is 0.581. The Hall–Kier alpha value is -0.800. The number of pyridine rings is 1.